The molecule has 0 saturated carbocycles. The summed E-state index contributed by atoms with van der Waals surface area (Å²) in [5, 5.41) is 0. The molecule has 0 heterocycles. The fourth-order valence-electron chi connectivity index (χ4n) is 2.19. The van der Waals surface area contributed by atoms with E-state index < -0.39 is 0 Å². The van der Waals surface area contributed by atoms with Gasteiger partial charge in [-0.1, -0.05) is 99.1 Å². The lowest BCUT2D eigenvalue weighted by Gasteiger charge is -2.10. The van der Waals surface area contributed by atoms with Crippen LogP contribution in [-0.4, -0.2) is 24.9 Å². The molecule has 2 heteroatoms. The zero-order chi connectivity index (χ0) is 19.8. The maximum Gasteiger partial charge on any atom is 0.222 e. The summed E-state index contributed by atoms with van der Waals surface area (Å²) in [5.41, 5.74) is 1.44. The van der Waals surface area contributed by atoms with Crippen molar-refractivity contribution in [3.63, 3.8) is 0 Å². The fraction of sp³-hybridized carbons (Fsp3) is 0.708. The monoisotopic (exact) mass is 365 g/mol. The second-order valence-electron chi connectivity index (χ2n) is 8.15. The smallest absolute Gasteiger partial charge is 0.222 e. The lowest BCUT2D eigenvalue weighted by Crippen LogP contribution is -2.22. The van der Waals surface area contributed by atoms with Gasteiger partial charge in [0.2, 0.25) is 5.91 Å². The van der Waals surface area contributed by atoms with Gasteiger partial charge >= 0.3 is 0 Å². The van der Waals surface area contributed by atoms with Crippen molar-refractivity contribution in [2.75, 3.05) is 14.1 Å². The van der Waals surface area contributed by atoms with Crippen molar-refractivity contribution in [2.45, 2.75) is 81.6 Å². The van der Waals surface area contributed by atoms with Gasteiger partial charge in [0.25, 0.3) is 0 Å². The highest BCUT2D eigenvalue weighted by Gasteiger charge is 2.05. The van der Waals surface area contributed by atoms with Crippen molar-refractivity contribution in [1.82, 2.24) is 4.90 Å². The third-order valence-corrected chi connectivity index (χ3v) is 3.43. The first kappa shape index (κ1) is 29.5. The lowest BCUT2D eigenvalue weighted by atomic mass is 10.0. The van der Waals surface area contributed by atoms with E-state index in [9.17, 15) is 4.79 Å². The summed E-state index contributed by atoms with van der Waals surface area (Å²) in [5.74, 6) is 2.35. The first-order valence-corrected chi connectivity index (χ1v) is 9.84. The maximum absolute atomic E-state index is 10.9. The van der Waals surface area contributed by atoms with Crippen molar-refractivity contribution < 1.29 is 4.79 Å². The zero-order valence-electron chi connectivity index (χ0n) is 18.3. The average Bonchev–Trinajstić information content (AvgIpc) is 2.48. The lowest BCUT2D eigenvalue weighted by molar-refractivity contribution is -0.129. The van der Waals surface area contributed by atoms with Crippen LogP contribution in [0, 0.1) is 17.8 Å². The highest BCUT2D eigenvalue weighted by atomic mass is 16.2. The van der Waals surface area contributed by atoms with Crippen molar-refractivity contribution in [3.8, 4) is 0 Å². The van der Waals surface area contributed by atoms with Crippen molar-refractivity contribution in [3.05, 3.63) is 35.9 Å². The quantitative estimate of drug-likeness (QED) is 0.527. The van der Waals surface area contributed by atoms with Crippen LogP contribution in [0.1, 0.15) is 80.7 Å². The third kappa shape index (κ3) is 22.7. The molecule has 1 aromatic carbocycles. The highest BCUT2D eigenvalue weighted by Crippen LogP contribution is 2.06. The molecule has 0 N–H and O–H groups in total. The number of amides is 1. The van der Waals surface area contributed by atoms with Crippen LogP contribution in [0.3, 0.4) is 0 Å². The van der Waals surface area contributed by atoms with E-state index in [2.05, 4.69) is 65.0 Å². The van der Waals surface area contributed by atoms with Crippen LogP contribution in [0.2, 0.25) is 0 Å². The molecule has 2 nitrogen and oxygen atoms in total. The van der Waals surface area contributed by atoms with Crippen LogP contribution < -0.4 is 0 Å². The molecule has 0 bridgehead atoms. The van der Waals surface area contributed by atoms with E-state index in [0.717, 1.165) is 11.8 Å². The molecule has 1 aromatic rings. The number of hydrogen-bond acceptors (Lipinski definition) is 1. The molecule has 0 fully saturated rings. The normalized spacial score (nSPS) is 9.69. The summed E-state index contributed by atoms with van der Waals surface area (Å²) < 4.78 is 0. The number of carbonyl (C=O) groups is 1. The number of benzene rings is 1. The summed E-state index contributed by atoms with van der Waals surface area (Å²) in [7, 11) is 3.56. The Morgan fingerprint density at radius 2 is 1.38 bits per heavy atom. The molecule has 0 aliphatic carbocycles. The van der Waals surface area contributed by atoms with Crippen molar-refractivity contribution >= 4 is 5.91 Å². The van der Waals surface area contributed by atoms with Gasteiger partial charge in [0.15, 0.2) is 0 Å². The Labute approximate surface area is 165 Å². The van der Waals surface area contributed by atoms with E-state index in [1.165, 1.54) is 24.8 Å². The van der Waals surface area contributed by atoms with Gasteiger partial charge in [0, 0.05) is 20.5 Å². The number of carbonyl (C=O) groups excluding carboxylic acids is 1. The Bertz CT molecular complexity index is 407. The molecular formula is C24H47NO. The highest BCUT2D eigenvalue weighted by molar-refractivity contribution is 5.75. The van der Waals surface area contributed by atoms with Crippen LogP contribution in [0.5, 0.6) is 0 Å². The van der Waals surface area contributed by atoms with Gasteiger partial charge in [-0.2, -0.15) is 0 Å². The van der Waals surface area contributed by atoms with Crippen LogP contribution in [0.25, 0.3) is 0 Å². The minimum atomic E-state index is 0. The maximum atomic E-state index is 10.9. The molecule has 1 amide bonds. The third-order valence-electron chi connectivity index (χ3n) is 3.43. The van der Waals surface area contributed by atoms with Crippen molar-refractivity contribution in [2.24, 2.45) is 17.8 Å². The minimum absolute atomic E-state index is 0. The molecule has 26 heavy (non-hydrogen) atoms. The number of hydrogen-bond donors (Lipinski definition) is 0. The summed E-state index contributed by atoms with van der Waals surface area (Å²) in [6.45, 7) is 15.3. The van der Waals surface area contributed by atoms with Gasteiger partial charge in [-0.15, -0.1) is 0 Å². The number of rotatable bonds is 6. The van der Waals surface area contributed by atoms with E-state index in [1.54, 1.807) is 19.0 Å². The Morgan fingerprint density at radius 3 is 1.62 bits per heavy atom. The molecule has 0 aromatic heterocycles. The molecule has 0 spiro atoms. The van der Waals surface area contributed by atoms with Gasteiger partial charge in [0.1, 0.15) is 0 Å². The first-order chi connectivity index (χ1) is 11.6. The zero-order valence-corrected chi connectivity index (χ0v) is 18.3. The van der Waals surface area contributed by atoms with Crippen LogP contribution in [0.4, 0.5) is 0 Å². The molecule has 0 radical (unpaired) electrons. The molecule has 154 valence electrons. The predicted octanol–water partition coefficient (Wildman–Crippen LogP) is 7.08. The van der Waals surface area contributed by atoms with E-state index in [-0.39, 0.29) is 13.3 Å². The summed E-state index contributed by atoms with van der Waals surface area (Å²) in [6, 6.07) is 10.6. The molecule has 0 saturated heterocycles. The Morgan fingerprint density at radius 1 is 0.885 bits per heavy atom. The molecule has 0 aliphatic heterocycles. The summed E-state index contributed by atoms with van der Waals surface area (Å²) in [6.07, 6.45) is 4.56. The van der Waals surface area contributed by atoms with Gasteiger partial charge in [-0.25, -0.2) is 0 Å². The fourth-order valence-corrected chi connectivity index (χ4v) is 2.19. The summed E-state index contributed by atoms with van der Waals surface area (Å²) >= 11 is 0. The van der Waals surface area contributed by atoms with E-state index >= 15 is 0 Å². The molecule has 0 atom stereocenters. The van der Waals surface area contributed by atoms with Gasteiger partial charge in [-0.3, -0.25) is 4.79 Å². The minimum Gasteiger partial charge on any atom is -0.349 e. The Kier molecular flexibility index (Phi) is 20.9. The largest absolute Gasteiger partial charge is 0.349 e. The standard InChI is InChI=1S/C10H14.C7H15NO.C6H14.CH4/c1-9(2)8-10-6-4-3-5-7-10;1-6(2)5-7(9)8(3)4;1-4-5-6(2)3;/h3-7,9H,8H2,1-2H3;6H,5H2,1-4H3;6H,4-5H2,1-3H3;1H4. The molecule has 1 rings (SSSR count). The topological polar surface area (TPSA) is 20.3 Å². The van der Waals surface area contributed by atoms with Crippen LogP contribution >= 0.6 is 0 Å². The second kappa shape index (κ2) is 18.5. The Hall–Kier alpha value is -1.31. The summed E-state index contributed by atoms with van der Waals surface area (Å²) in [4.78, 5) is 12.5. The van der Waals surface area contributed by atoms with Crippen molar-refractivity contribution in [1.29, 1.82) is 0 Å². The predicted molar refractivity (Wildman–Crippen MR) is 120 cm³/mol. The van der Waals surface area contributed by atoms with Gasteiger partial charge < -0.3 is 4.90 Å². The van der Waals surface area contributed by atoms with E-state index in [4.69, 9.17) is 0 Å². The molecule has 0 unspecified atom stereocenters. The van der Waals surface area contributed by atoms with E-state index in [0.29, 0.717) is 12.3 Å². The average molecular weight is 366 g/mol. The van der Waals surface area contributed by atoms with Gasteiger partial charge in [-0.05, 0) is 29.7 Å². The first-order valence-electron chi connectivity index (χ1n) is 9.84. The molecule has 0 aliphatic rings. The Balaban J connectivity index is -0.000000309. The SMILES string of the molecule is C.CC(C)CC(=O)N(C)C.CC(C)Cc1ccccc1.CCCC(C)C. The second-order valence-corrected chi connectivity index (χ2v) is 8.15. The van der Waals surface area contributed by atoms with Gasteiger partial charge in [0.05, 0.1) is 0 Å². The van der Waals surface area contributed by atoms with Crippen LogP contribution in [0.15, 0.2) is 30.3 Å². The van der Waals surface area contributed by atoms with E-state index in [1.807, 2.05) is 13.8 Å². The molecular weight excluding hydrogens is 318 g/mol. The van der Waals surface area contributed by atoms with Crippen LogP contribution in [-0.2, 0) is 11.2 Å². The number of nitrogens with zero attached hydrogens (tertiary/aromatic N) is 1.